The molecule has 0 saturated carbocycles. The second-order valence-electron chi connectivity index (χ2n) is 2.32. The average molecular weight is 178 g/mol. The normalized spacial score (nSPS) is 13.1. The van der Waals surface area contributed by atoms with Crippen LogP contribution >= 0.6 is 11.6 Å². The minimum absolute atomic E-state index is 0.0432. The first-order valence-electron chi connectivity index (χ1n) is 3.29. The Balaban J connectivity index is 3.52. The van der Waals surface area contributed by atoms with Gasteiger partial charge < -0.3 is 4.43 Å². The molecule has 0 heterocycles. The van der Waals surface area contributed by atoms with Crippen LogP contribution in [0.25, 0.3) is 0 Å². The Hall–Kier alpha value is -0.0431. The van der Waals surface area contributed by atoms with Crippen LogP contribution in [0.15, 0.2) is 0 Å². The van der Waals surface area contributed by atoms with Crippen molar-refractivity contribution < 1.29 is 4.43 Å². The molecule has 0 aliphatic rings. The Labute approximate surface area is 68.5 Å². The molecular weight excluding hydrogens is 166 g/mol. The third-order valence-electron chi connectivity index (χ3n) is 0.956. The van der Waals surface area contributed by atoms with E-state index in [1.54, 1.807) is 0 Å². The van der Waals surface area contributed by atoms with Gasteiger partial charge in [-0.2, -0.15) is 5.26 Å². The predicted molar refractivity (Wildman–Crippen MR) is 44.7 cm³/mol. The number of halogens is 1. The molecule has 4 heteroatoms. The first kappa shape index (κ1) is 9.96. The molecule has 1 atom stereocenters. The third-order valence-corrected chi connectivity index (χ3v) is 2.23. The number of alkyl halides is 1. The van der Waals surface area contributed by atoms with Crippen molar-refractivity contribution in [1.29, 1.82) is 5.26 Å². The van der Waals surface area contributed by atoms with E-state index in [4.69, 9.17) is 21.3 Å². The van der Waals surface area contributed by atoms with Gasteiger partial charge in [-0.15, -0.1) is 11.6 Å². The van der Waals surface area contributed by atoms with Gasteiger partial charge >= 0.3 is 0 Å². The van der Waals surface area contributed by atoms with Gasteiger partial charge in [-0.25, -0.2) is 0 Å². The Bertz CT molecular complexity index is 123. The van der Waals surface area contributed by atoms with Gasteiger partial charge in [-0.1, -0.05) is 0 Å². The van der Waals surface area contributed by atoms with E-state index < -0.39 is 9.04 Å². The molecule has 1 unspecified atom stereocenters. The fourth-order valence-corrected chi connectivity index (χ4v) is 1.89. The second-order valence-corrected chi connectivity index (χ2v) is 5.00. The number of hydrogen-bond donors (Lipinski definition) is 0. The monoisotopic (exact) mass is 177 g/mol. The van der Waals surface area contributed by atoms with Crippen LogP contribution < -0.4 is 0 Å². The van der Waals surface area contributed by atoms with Gasteiger partial charge in [0.15, 0.2) is 9.04 Å². The number of nitrogens with zero attached hydrogens (tertiary/aromatic N) is 1. The molecule has 0 aliphatic carbocycles. The lowest BCUT2D eigenvalue weighted by atomic mass is 10.3. The summed E-state index contributed by atoms with van der Waals surface area (Å²) in [6, 6.07) is 2.04. The minimum Gasteiger partial charge on any atom is -0.415 e. The summed E-state index contributed by atoms with van der Waals surface area (Å²) in [7, 11) is -1.01. The quantitative estimate of drug-likeness (QED) is 0.482. The van der Waals surface area contributed by atoms with E-state index >= 15 is 0 Å². The van der Waals surface area contributed by atoms with E-state index in [0.717, 1.165) is 0 Å². The van der Waals surface area contributed by atoms with Crippen LogP contribution in [0.3, 0.4) is 0 Å². The van der Waals surface area contributed by atoms with Gasteiger partial charge in [0.05, 0.1) is 18.6 Å². The summed E-state index contributed by atoms with van der Waals surface area (Å²) < 4.78 is 5.42. The van der Waals surface area contributed by atoms with Crippen molar-refractivity contribution in [2.75, 3.05) is 5.88 Å². The smallest absolute Gasteiger partial charge is 0.171 e. The summed E-state index contributed by atoms with van der Waals surface area (Å²) >= 11 is 5.54. The molecule has 0 fully saturated rings. The van der Waals surface area contributed by atoms with Crippen molar-refractivity contribution >= 4 is 20.6 Å². The van der Waals surface area contributed by atoms with Crippen molar-refractivity contribution in [2.24, 2.45) is 0 Å². The summed E-state index contributed by atoms with van der Waals surface area (Å²) in [5, 5.41) is 8.31. The molecule has 0 aromatic rings. The summed E-state index contributed by atoms with van der Waals surface area (Å²) in [6.07, 6.45) is 0.368. The van der Waals surface area contributed by atoms with Crippen LogP contribution in [0.5, 0.6) is 0 Å². The number of nitriles is 1. The third kappa shape index (κ3) is 4.80. The van der Waals surface area contributed by atoms with E-state index in [0.29, 0.717) is 12.3 Å². The molecule has 2 nitrogen and oxygen atoms in total. The lowest BCUT2D eigenvalue weighted by Gasteiger charge is -2.13. The highest BCUT2D eigenvalue weighted by molar-refractivity contribution is 6.48. The van der Waals surface area contributed by atoms with E-state index in [2.05, 4.69) is 13.1 Å². The molecule has 0 aromatic carbocycles. The van der Waals surface area contributed by atoms with Crippen LogP contribution in [0, 0.1) is 11.3 Å². The summed E-state index contributed by atoms with van der Waals surface area (Å²) in [5.41, 5.74) is 0. The molecule has 0 rings (SSSR count). The van der Waals surface area contributed by atoms with Crippen LogP contribution in [0.4, 0.5) is 0 Å². The lowest BCUT2D eigenvalue weighted by molar-refractivity contribution is 0.235. The summed E-state index contributed by atoms with van der Waals surface area (Å²) in [5.74, 6) is 0.429. The van der Waals surface area contributed by atoms with E-state index in [9.17, 15) is 0 Å². The zero-order valence-electron chi connectivity index (χ0n) is 6.30. The average Bonchev–Trinajstić information content (AvgIpc) is 1.86. The van der Waals surface area contributed by atoms with Crippen LogP contribution in [0.1, 0.15) is 6.42 Å². The second kappa shape index (κ2) is 5.72. The first-order valence-corrected chi connectivity index (χ1v) is 6.60. The molecule has 0 saturated heterocycles. The summed E-state index contributed by atoms with van der Waals surface area (Å²) in [6.45, 7) is 4.13. The topological polar surface area (TPSA) is 33.0 Å². The summed E-state index contributed by atoms with van der Waals surface area (Å²) in [4.78, 5) is 0. The fourth-order valence-electron chi connectivity index (χ4n) is 0.626. The van der Waals surface area contributed by atoms with Crippen LogP contribution in [0.2, 0.25) is 13.1 Å². The van der Waals surface area contributed by atoms with Gasteiger partial charge in [0.25, 0.3) is 0 Å². The van der Waals surface area contributed by atoms with E-state index in [-0.39, 0.29) is 6.10 Å². The van der Waals surface area contributed by atoms with Crippen molar-refractivity contribution in [1.82, 2.24) is 0 Å². The molecule has 0 N–H and O–H groups in total. The zero-order valence-corrected chi connectivity index (χ0v) is 8.21. The largest absolute Gasteiger partial charge is 0.415 e. The van der Waals surface area contributed by atoms with Gasteiger partial charge in [-0.3, -0.25) is 0 Å². The van der Waals surface area contributed by atoms with Crippen molar-refractivity contribution in [3.63, 3.8) is 0 Å². The molecule has 0 bridgehead atoms. The number of hydrogen-bond acceptors (Lipinski definition) is 2. The Morgan fingerprint density at radius 2 is 2.30 bits per heavy atom. The predicted octanol–water partition coefficient (Wildman–Crippen LogP) is 1.51. The molecule has 0 amide bonds. The SMILES string of the molecule is C[SiH](C)OC(CCl)CC#N. The maximum Gasteiger partial charge on any atom is 0.171 e. The van der Waals surface area contributed by atoms with Crippen LogP contribution in [-0.2, 0) is 4.43 Å². The van der Waals surface area contributed by atoms with Crippen molar-refractivity contribution in [3.05, 3.63) is 0 Å². The lowest BCUT2D eigenvalue weighted by Crippen LogP contribution is -2.21. The van der Waals surface area contributed by atoms with Gasteiger partial charge in [0.1, 0.15) is 0 Å². The molecular formula is C6H12ClNOSi. The Morgan fingerprint density at radius 1 is 1.70 bits per heavy atom. The highest BCUT2D eigenvalue weighted by Crippen LogP contribution is 2.02. The molecule has 0 spiro atoms. The Morgan fingerprint density at radius 3 is 2.60 bits per heavy atom. The molecule has 0 radical (unpaired) electrons. The Kier molecular flexibility index (Phi) is 5.70. The first-order chi connectivity index (χ1) is 4.70. The van der Waals surface area contributed by atoms with E-state index in [1.165, 1.54) is 0 Å². The maximum atomic E-state index is 8.31. The van der Waals surface area contributed by atoms with Gasteiger partial charge in [0, 0.05) is 5.88 Å². The van der Waals surface area contributed by atoms with Gasteiger partial charge in [0.2, 0.25) is 0 Å². The minimum atomic E-state index is -1.01. The highest BCUT2D eigenvalue weighted by atomic mass is 35.5. The maximum absolute atomic E-state index is 8.31. The van der Waals surface area contributed by atoms with Crippen LogP contribution in [-0.4, -0.2) is 21.0 Å². The fraction of sp³-hybridized carbons (Fsp3) is 0.833. The van der Waals surface area contributed by atoms with Crippen molar-refractivity contribution in [2.45, 2.75) is 25.6 Å². The molecule has 10 heavy (non-hydrogen) atoms. The van der Waals surface area contributed by atoms with Crippen molar-refractivity contribution in [3.8, 4) is 6.07 Å². The molecule has 0 aromatic heterocycles. The van der Waals surface area contributed by atoms with Gasteiger partial charge in [-0.05, 0) is 13.1 Å². The molecule has 58 valence electrons. The highest BCUT2D eigenvalue weighted by Gasteiger charge is 2.08. The zero-order chi connectivity index (χ0) is 7.98. The molecule has 0 aliphatic heterocycles. The van der Waals surface area contributed by atoms with E-state index in [1.807, 2.05) is 6.07 Å². The standard InChI is InChI=1S/C6H12ClNOSi/c1-10(2)9-6(5-7)3-4-8/h6,10H,3,5H2,1-2H3. The number of rotatable bonds is 4.